The molecule has 0 saturated heterocycles. The maximum atomic E-state index is 13.3. The highest BCUT2D eigenvalue weighted by Crippen LogP contribution is 2.32. The highest BCUT2D eigenvalue weighted by molar-refractivity contribution is 5.70. The molecule has 0 unspecified atom stereocenters. The molecule has 3 N–H and O–H groups in total. The van der Waals surface area contributed by atoms with Crippen molar-refractivity contribution in [3.05, 3.63) is 271 Å². The van der Waals surface area contributed by atoms with Crippen molar-refractivity contribution in [1.29, 1.82) is 0 Å². The molecule has 0 amide bonds. The average Bonchev–Trinajstić information content (AvgIpc) is 3.37. The Hall–Kier alpha value is -9.54. The van der Waals surface area contributed by atoms with Gasteiger partial charge in [-0.2, -0.15) is 0 Å². The Balaban J connectivity index is 0.000000186. The third-order valence-electron chi connectivity index (χ3n) is 14.0. The molecule has 0 aromatic heterocycles. The fourth-order valence-electron chi connectivity index (χ4n) is 9.42. The van der Waals surface area contributed by atoms with Gasteiger partial charge in [-0.3, -0.25) is 29.1 Å². The molecule has 87 heavy (non-hydrogen) atoms. The number of aliphatic carboxylic acids is 3. The Morgan fingerprint density at radius 3 is 0.736 bits per heavy atom. The molecule has 15 heteroatoms. The van der Waals surface area contributed by atoms with Crippen molar-refractivity contribution in [3.8, 4) is 50.6 Å². The van der Waals surface area contributed by atoms with Crippen LogP contribution >= 0.6 is 0 Å². The van der Waals surface area contributed by atoms with Crippen molar-refractivity contribution in [2.45, 2.75) is 37.6 Å². The summed E-state index contributed by atoms with van der Waals surface area (Å²) in [6.45, 7) is 1.50. The van der Waals surface area contributed by atoms with Crippen molar-refractivity contribution in [3.63, 3.8) is 0 Å². The summed E-state index contributed by atoms with van der Waals surface area (Å²) in [7, 11) is 5.26. The van der Waals surface area contributed by atoms with E-state index in [-0.39, 0.29) is 55.4 Å². The van der Waals surface area contributed by atoms with Crippen LogP contribution in [-0.2, 0) is 14.4 Å². The maximum absolute atomic E-state index is 13.3. The molecular formula is C72H72F3N3O9. The number of nitrogens with zero attached hydrogens (tertiary/aromatic N) is 3. The zero-order valence-corrected chi connectivity index (χ0v) is 48.9. The molecule has 3 atom stereocenters. The Morgan fingerprint density at radius 1 is 0.322 bits per heavy atom. The lowest BCUT2D eigenvalue weighted by Gasteiger charge is -2.22. The largest absolute Gasteiger partial charge is 0.486 e. The van der Waals surface area contributed by atoms with Crippen LogP contribution in [0.3, 0.4) is 0 Å². The predicted octanol–water partition coefficient (Wildman–Crippen LogP) is 15.1. The second-order valence-electron chi connectivity index (χ2n) is 20.9. The van der Waals surface area contributed by atoms with Gasteiger partial charge < -0.3 is 29.5 Å². The van der Waals surface area contributed by atoms with E-state index >= 15 is 0 Å². The van der Waals surface area contributed by atoms with Crippen LogP contribution in [0.1, 0.15) is 54.3 Å². The van der Waals surface area contributed by atoms with E-state index in [1.807, 2.05) is 127 Å². The number of carboxylic acid groups (broad SMARTS) is 3. The van der Waals surface area contributed by atoms with Gasteiger partial charge >= 0.3 is 17.9 Å². The van der Waals surface area contributed by atoms with E-state index in [1.165, 1.54) is 36.4 Å². The predicted molar refractivity (Wildman–Crippen MR) is 334 cm³/mol. The number of rotatable bonds is 27. The third kappa shape index (κ3) is 22.4. The van der Waals surface area contributed by atoms with Gasteiger partial charge in [0, 0.05) is 38.9 Å². The van der Waals surface area contributed by atoms with Crippen LogP contribution in [0.4, 0.5) is 13.2 Å². The number of hydrogen-bond acceptors (Lipinski definition) is 9. The van der Waals surface area contributed by atoms with E-state index in [1.54, 1.807) is 72.2 Å². The highest BCUT2D eigenvalue weighted by atomic mass is 19.1. The molecule has 450 valence electrons. The van der Waals surface area contributed by atoms with Gasteiger partial charge in [-0.1, -0.05) is 164 Å². The Kier molecular flexibility index (Phi) is 25.3. The van der Waals surface area contributed by atoms with E-state index < -0.39 is 17.9 Å². The molecule has 0 spiro atoms. The van der Waals surface area contributed by atoms with Crippen molar-refractivity contribution >= 4 is 17.9 Å². The molecule has 0 saturated carbocycles. The van der Waals surface area contributed by atoms with Gasteiger partial charge in [0.25, 0.3) is 0 Å². The summed E-state index contributed by atoms with van der Waals surface area (Å²) in [4.78, 5) is 37.8. The molecule has 9 aromatic rings. The van der Waals surface area contributed by atoms with Crippen molar-refractivity contribution in [2.75, 3.05) is 60.4 Å². The maximum Gasteiger partial charge on any atom is 0.317 e. The topological polar surface area (TPSA) is 149 Å². The van der Waals surface area contributed by atoms with Crippen molar-refractivity contribution < 1.29 is 57.1 Å². The molecule has 0 radical (unpaired) electrons. The van der Waals surface area contributed by atoms with Gasteiger partial charge in [-0.05, 0) is 144 Å². The summed E-state index contributed by atoms with van der Waals surface area (Å²) < 4.78 is 58.5. The fourth-order valence-corrected chi connectivity index (χ4v) is 9.42. The smallest absolute Gasteiger partial charge is 0.317 e. The van der Waals surface area contributed by atoms with Gasteiger partial charge in [-0.25, -0.2) is 13.2 Å². The summed E-state index contributed by atoms with van der Waals surface area (Å²) >= 11 is 0. The summed E-state index contributed by atoms with van der Waals surface area (Å²) in [5.41, 5.74) is 9.22. The minimum atomic E-state index is -0.872. The standard InChI is InChI=1S/3C24H24FNO3/c3*1-26(17-24(27)28)16-15-23(20-7-11-21(25)12-8-20)29-22-13-9-19(10-14-22)18-5-3-2-4-6-18/h3*2-14,23H,15-17H2,1H3,(H,27,28)/t3*23-/m111/s1. The van der Waals surface area contributed by atoms with Crippen molar-refractivity contribution in [2.24, 2.45) is 0 Å². The number of ether oxygens (including phenoxy) is 3. The molecule has 0 fully saturated rings. The van der Waals surface area contributed by atoms with Crippen LogP contribution in [0.25, 0.3) is 33.4 Å². The average molecular weight is 1180 g/mol. The Labute approximate surface area is 506 Å². The zero-order chi connectivity index (χ0) is 61.9. The van der Waals surface area contributed by atoms with Gasteiger partial charge in [0.15, 0.2) is 0 Å². The van der Waals surface area contributed by atoms with Crippen LogP contribution in [0.5, 0.6) is 17.2 Å². The SMILES string of the molecule is CN(CC[C@@H](Oc1ccc(-c2ccccc2)cc1)c1ccc(F)cc1)CC(=O)O.CN(CC[C@@H](Oc1ccc(-c2ccccc2)cc1)c1ccc(F)cc1)CC(=O)O.CN(CC[C@@H](Oc1ccc(-c2ccccc2)cc1)c1ccc(F)cc1)CC(=O)O. The third-order valence-corrected chi connectivity index (χ3v) is 14.0. The van der Waals surface area contributed by atoms with E-state index in [9.17, 15) is 27.6 Å². The first kappa shape index (κ1) is 65.0. The summed E-state index contributed by atoms with van der Waals surface area (Å²) in [6, 6.07) is 72.4. The number of benzene rings is 9. The van der Waals surface area contributed by atoms with Gasteiger partial charge in [-0.15, -0.1) is 0 Å². The van der Waals surface area contributed by atoms with Crippen LogP contribution in [0, 0.1) is 17.5 Å². The minimum Gasteiger partial charge on any atom is -0.486 e. The molecule has 0 heterocycles. The number of carbonyl (C=O) groups is 3. The second kappa shape index (κ2) is 33.8. The number of carboxylic acids is 3. The van der Waals surface area contributed by atoms with E-state index in [2.05, 4.69) is 36.4 Å². The Bertz CT molecular complexity index is 3110. The molecule has 0 aliphatic carbocycles. The monoisotopic (exact) mass is 1180 g/mol. The normalized spacial score (nSPS) is 12.0. The number of hydrogen-bond donors (Lipinski definition) is 3. The first-order valence-corrected chi connectivity index (χ1v) is 28.5. The highest BCUT2D eigenvalue weighted by Gasteiger charge is 2.20. The van der Waals surface area contributed by atoms with Gasteiger partial charge in [0.05, 0.1) is 19.6 Å². The van der Waals surface area contributed by atoms with Gasteiger partial charge in [0.1, 0.15) is 53.0 Å². The summed E-state index contributed by atoms with van der Waals surface area (Å²) in [5.74, 6) is -1.40. The quantitative estimate of drug-likeness (QED) is 0.0450. The minimum absolute atomic E-state index is 0.0398. The summed E-state index contributed by atoms with van der Waals surface area (Å²) in [6.07, 6.45) is 0.805. The lowest BCUT2D eigenvalue weighted by molar-refractivity contribution is -0.139. The van der Waals surface area contributed by atoms with Crippen LogP contribution < -0.4 is 14.2 Å². The van der Waals surface area contributed by atoms with Crippen LogP contribution in [0.2, 0.25) is 0 Å². The van der Waals surface area contributed by atoms with Crippen LogP contribution in [0.15, 0.2) is 237 Å². The van der Waals surface area contributed by atoms with Gasteiger partial charge in [0.2, 0.25) is 0 Å². The van der Waals surface area contributed by atoms with Crippen LogP contribution in [-0.4, -0.2) is 108 Å². The van der Waals surface area contributed by atoms with E-state index in [0.717, 1.165) is 50.1 Å². The second-order valence-corrected chi connectivity index (χ2v) is 20.9. The molecule has 0 aliphatic rings. The molecule has 12 nitrogen and oxygen atoms in total. The molecule has 9 aromatic carbocycles. The summed E-state index contributed by atoms with van der Waals surface area (Å²) in [5, 5.41) is 26.8. The molecule has 0 bridgehead atoms. The van der Waals surface area contributed by atoms with E-state index in [4.69, 9.17) is 29.5 Å². The lowest BCUT2D eigenvalue weighted by atomic mass is 10.0. The first-order valence-electron chi connectivity index (χ1n) is 28.5. The van der Waals surface area contributed by atoms with Crippen molar-refractivity contribution in [1.82, 2.24) is 14.7 Å². The van der Waals surface area contributed by atoms with E-state index in [0.29, 0.717) is 56.1 Å². The number of halogens is 3. The Morgan fingerprint density at radius 2 is 0.529 bits per heavy atom. The lowest BCUT2D eigenvalue weighted by Crippen LogP contribution is -2.28. The number of likely N-dealkylation sites (N-methyl/N-ethyl adjacent to an activating group) is 3. The first-order chi connectivity index (χ1) is 42.0. The fraction of sp³-hybridized carbons (Fsp3) is 0.208. The molecular weight excluding hydrogens is 1110 g/mol. The zero-order valence-electron chi connectivity index (χ0n) is 48.9. The molecule has 0 aliphatic heterocycles. The molecule has 9 rings (SSSR count).